The Bertz CT molecular complexity index is 3730. The number of hydrogen-bond donors (Lipinski definition) is 0. The summed E-state index contributed by atoms with van der Waals surface area (Å²) >= 11 is 0. The lowest BCUT2D eigenvalue weighted by Crippen LogP contribution is -2.61. The molecule has 8 aromatic rings. The lowest BCUT2D eigenvalue weighted by Gasteiger charge is -2.47. The van der Waals surface area contributed by atoms with Crippen molar-refractivity contribution in [3.05, 3.63) is 161 Å². The molecule has 66 heavy (non-hydrogen) atoms. The van der Waals surface area contributed by atoms with Crippen molar-refractivity contribution in [1.82, 2.24) is 0 Å². The number of para-hydroxylation sites is 1. The van der Waals surface area contributed by atoms with Crippen molar-refractivity contribution in [1.29, 1.82) is 0 Å². The number of benzene rings is 7. The summed E-state index contributed by atoms with van der Waals surface area (Å²) in [5.74, 6) is 0.688. The minimum absolute atomic E-state index is 0.0166. The van der Waals surface area contributed by atoms with Gasteiger partial charge in [-0.2, -0.15) is 0 Å². The number of nitrogens with zero attached hydrogens (tertiary/aromatic N) is 2. The van der Waals surface area contributed by atoms with Crippen molar-refractivity contribution in [2.75, 3.05) is 9.80 Å². The molecule has 3 nitrogen and oxygen atoms in total. The van der Waals surface area contributed by atoms with Gasteiger partial charge in [0.2, 0.25) is 5.88 Å². The second-order valence-electron chi connectivity index (χ2n) is 23.4. The van der Waals surface area contributed by atoms with E-state index in [9.17, 15) is 4.11 Å². The van der Waals surface area contributed by atoms with Gasteiger partial charge in [-0.3, -0.25) is 4.90 Å². The van der Waals surface area contributed by atoms with Crippen LogP contribution in [0.4, 0.5) is 34.3 Å². The van der Waals surface area contributed by atoms with E-state index in [1.165, 1.54) is 33.3 Å². The van der Waals surface area contributed by atoms with Crippen LogP contribution < -0.4 is 26.2 Å². The molecule has 0 amide bonds. The Balaban J connectivity index is 1.28. The van der Waals surface area contributed by atoms with E-state index in [4.69, 9.17) is 9.90 Å². The van der Waals surface area contributed by atoms with E-state index < -0.39 is 24.2 Å². The Morgan fingerprint density at radius 2 is 1.17 bits per heavy atom. The van der Waals surface area contributed by atoms with Crippen LogP contribution in [0.25, 0.3) is 32.9 Å². The van der Waals surface area contributed by atoms with Gasteiger partial charge in [-0.1, -0.05) is 149 Å². The van der Waals surface area contributed by atoms with Gasteiger partial charge in [0, 0.05) is 39.3 Å². The average Bonchev–Trinajstić information content (AvgIpc) is 3.72. The number of fused-ring (bicyclic) bond motifs is 9. The molecule has 0 spiro atoms. The molecule has 2 aliphatic heterocycles. The molecule has 2 aliphatic carbocycles. The molecule has 4 heteroatoms. The maximum Gasteiger partial charge on any atom is 0.257 e. The molecule has 0 atom stereocenters. The Labute approximate surface area is 402 Å². The van der Waals surface area contributed by atoms with Crippen LogP contribution in [0.15, 0.2) is 138 Å². The fraction of sp³-hybridized carbons (Fsp3) is 0.323. The predicted octanol–water partition coefficient (Wildman–Crippen LogP) is 15.3. The summed E-state index contributed by atoms with van der Waals surface area (Å²) < 4.78 is 71.5. The van der Waals surface area contributed by atoms with Gasteiger partial charge in [0.1, 0.15) is 5.58 Å². The highest BCUT2D eigenvalue weighted by Crippen LogP contribution is 2.53. The van der Waals surface area contributed by atoms with E-state index in [2.05, 4.69) is 153 Å². The van der Waals surface area contributed by atoms with Crippen molar-refractivity contribution in [3.63, 3.8) is 0 Å². The molecule has 0 unspecified atom stereocenters. The third-order valence-corrected chi connectivity index (χ3v) is 16.2. The summed E-state index contributed by atoms with van der Waals surface area (Å²) in [6.45, 7) is 25.4. The van der Waals surface area contributed by atoms with Crippen LogP contribution in [0, 0.1) is 0 Å². The molecule has 0 saturated carbocycles. The quantitative estimate of drug-likeness (QED) is 0.165. The molecule has 0 fully saturated rings. The molecule has 0 radical (unpaired) electrons. The van der Waals surface area contributed by atoms with Crippen LogP contribution in [-0.4, -0.2) is 6.71 Å². The van der Waals surface area contributed by atoms with E-state index in [1.807, 2.05) is 24.3 Å². The number of anilines is 6. The van der Waals surface area contributed by atoms with Crippen LogP contribution in [0.2, 0.25) is 0 Å². The molecule has 0 bridgehead atoms. The summed E-state index contributed by atoms with van der Waals surface area (Å²) in [6, 6.07) is 30.4. The summed E-state index contributed by atoms with van der Waals surface area (Å²) in [4.78, 5) is 4.63. The van der Waals surface area contributed by atoms with E-state index in [0.29, 0.717) is 11.4 Å². The molecule has 0 N–H and O–H groups in total. The largest absolute Gasteiger partial charge is 0.440 e. The topological polar surface area (TPSA) is 19.6 Å². The van der Waals surface area contributed by atoms with Crippen molar-refractivity contribution in [2.45, 2.75) is 129 Å². The van der Waals surface area contributed by atoms with Gasteiger partial charge >= 0.3 is 0 Å². The number of furan rings is 1. The molecule has 1 aromatic heterocycles. The second kappa shape index (κ2) is 13.8. The molecule has 0 saturated heterocycles. The Hall–Kier alpha value is -6.00. The van der Waals surface area contributed by atoms with Crippen molar-refractivity contribution in [3.8, 4) is 11.1 Å². The van der Waals surface area contributed by atoms with Gasteiger partial charge in [-0.25, -0.2) is 0 Å². The van der Waals surface area contributed by atoms with Gasteiger partial charge in [-0.05, 0) is 174 Å². The van der Waals surface area contributed by atoms with E-state index >= 15 is 0 Å². The zero-order chi connectivity index (χ0) is 52.0. The lowest BCUT2D eigenvalue weighted by atomic mass is 9.33. The first-order chi connectivity index (χ1) is 34.2. The molecule has 3 heterocycles. The molecule has 7 aromatic carbocycles. The minimum Gasteiger partial charge on any atom is -0.440 e. The van der Waals surface area contributed by atoms with Crippen LogP contribution in [0.1, 0.15) is 139 Å². The molecular weight excluding hydrogens is 800 g/mol. The zero-order valence-corrected chi connectivity index (χ0v) is 40.4. The second-order valence-corrected chi connectivity index (χ2v) is 23.4. The summed E-state index contributed by atoms with van der Waals surface area (Å²) in [7, 11) is 0. The first-order valence-corrected chi connectivity index (χ1v) is 24.0. The van der Waals surface area contributed by atoms with E-state index in [0.717, 1.165) is 76.0 Å². The third-order valence-electron chi connectivity index (χ3n) is 16.2. The Morgan fingerprint density at radius 1 is 0.545 bits per heavy atom. The van der Waals surface area contributed by atoms with Gasteiger partial charge in [0.05, 0.1) is 9.60 Å². The predicted molar refractivity (Wildman–Crippen MR) is 282 cm³/mol. The first-order valence-electron chi connectivity index (χ1n) is 27.5. The van der Waals surface area contributed by atoms with E-state index in [-0.39, 0.29) is 68.3 Å². The average molecular weight is 870 g/mol. The minimum atomic E-state index is -0.490. The fourth-order valence-corrected chi connectivity index (χ4v) is 11.9. The third kappa shape index (κ3) is 6.08. The summed E-state index contributed by atoms with van der Waals surface area (Å²) in [5.41, 5.74) is 15.4. The summed E-state index contributed by atoms with van der Waals surface area (Å²) in [6.07, 6.45) is 4.22. The normalized spacial score (nSPS) is 19.9. The highest BCUT2D eigenvalue weighted by molar-refractivity contribution is 7.01. The SMILES string of the molecule is [2H]c1c([2H])c([2H])c2c([2H])c(-c3cc4c5c(c3)N(c3ccccc3)c3oc6ccc(C(C)(C)C)cc6c3B5c3cc5c(cc3N4c3ccc4c(c3)C(C)(C)CCC4(C)C)C(C)(C)CCC5(C)C)c([2H])c([2H])c2c1[2H]. The standard InChI is InChI=1S/C62H63BN2O/c1-58(2,3)42-23-26-54-45(34-42)55-57(66-54)65(43-19-13-12-14-20-43)53-33-41(40-22-21-38-17-15-16-18-39(38)31-40)32-52-56(53)63(55)50-36-48-49(62(10,11)30-29-61(48,8)9)37-51(50)64(52)44-24-25-46-47(35-44)60(6,7)28-27-59(46,4)5/h12-26,31-37H,27-30H2,1-11H3/i15D,16D,17D,18D,21D,22D,31D. The smallest absolute Gasteiger partial charge is 0.257 e. The zero-order valence-electron chi connectivity index (χ0n) is 47.4. The molecular formula is C62H63BN2O. The Kier molecular flexibility index (Phi) is 7.17. The monoisotopic (exact) mass is 870 g/mol. The van der Waals surface area contributed by atoms with Gasteiger partial charge in [-0.15, -0.1) is 0 Å². The fourth-order valence-electron chi connectivity index (χ4n) is 11.9. The van der Waals surface area contributed by atoms with Crippen molar-refractivity contribution < 1.29 is 14.0 Å². The van der Waals surface area contributed by atoms with Gasteiger partial charge in [0.15, 0.2) is 0 Å². The van der Waals surface area contributed by atoms with E-state index in [1.54, 1.807) is 0 Å². The van der Waals surface area contributed by atoms with Crippen molar-refractivity contribution >= 4 is 79.2 Å². The van der Waals surface area contributed by atoms with Crippen LogP contribution in [-0.2, 0) is 27.1 Å². The highest BCUT2D eigenvalue weighted by Gasteiger charge is 2.49. The summed E-state index contributed by atoms with van der Waals surface area (Å²) in [5, 5.41) is 0.855. The maximum absolute atomic E-state index is 9.92. The van der Waals surface area contributed by atoms with Crippen LogP contribution >= 0.6 is 0 Å². The van der Waals surface area contributed by atoms with Gasteiger partial charge in [0.25, 0.3) is 6.71 Å². The van der Waals surface area contributed by atoms with Crippen LogP contribution in [0.5, 0.6) is 0 Å². The number of hydrogen-bond acceptors (Lipinski definition) is 3. The number of rotatable bonds is 3. The van der Waals surface area contributed by atoms with Crippen LogP contribution in [0.3, 0.4) is 0 Å². The molecule has 4 aliphatic rings. The highest BCUT2D eigenvalue weighted by atomic mass is 16.4. The van der Waals surface area contributed by atoms with Crippen molar-refractivity contribution in [2.24, 2.45) is 0 Å². The maximum atomic E-state index is 9.92. The Morgan fingerprint density at radius 3 is 1.85 bits per heavy atom. The first kappa shape index (κ1) is 34.3. The molecule has 330 valence electrons. The lowest BCUT2D eigenvalue weighted by molar-refractivity contribution is 0.332. The molecule has 12 rings (SSSR count). The van der Waals surface area contributed by atoms with Gasteiger partial charge < -0.3 is 9.32 Å².